The third kappa shape index (κ3) is 2.79. The maximum Gasteiger partial charge on any atom is 0.139 e. The van der Waals surface area contributed by atoms with Crippen molar-refractivity contribution in [2.24, 2.45) is 0 Å². The summed E-state index contributed by atoms with van der Waals surface area (Å²) in [7, 11) is 5.73. The number of nitrogens with one attached hydrogen (secondary N) is 1. The van der Waals surface area contributed by atoms with Gasteiger partial charge >= 0.3 is 0 Å². The Bertz CT molecular complexity index is 756. The van der Waals surface area contributed by atoms with Crippen LogP contribution in [-0.4, -0.2) is 49.5 Å². The van der Waals surface area contributed by atoms with E-state index in [-0.39, 0.29) is 12.5 Å². The predicted octanol–water partition coefficient (Wildman–Crippen LogP) is 2.51. The summed E-state index contributed by atoms with van der Waals surface area (Å²) in [5.74, 6) is 1.46. The van der Waals surface area contributed by atoms with Crippen LogP contribution in [0, 0.1) is 6.92 Å². The highest BCUT2D eigenvalue weighted by molar-refractivity contribution is 5.66. The first-order valence-electron chi connectivity index (χ1n) is 8.64. The lowest BCUT2D eigenvalue weighted by atomic mass is 9.76. The number of aromatic nitrogens is 1. The molecule has 0 spiro atoms. The number of hydrogen-bond acceptors (Lipinski definition) is 6. The zero-order chi connectivity index (χ0) is 18.2. The van der Waals surface area contributed by atoms with Crippen molar-refractivity contribution in [3.8, 4) is 5.75 Å². The fraction of sp³-hybridized carbons (Fsp3) is 0.526. The van der Waals surface area contributed by atoms with E-state index in [1.54, 1.807) is 7.11 Å². The average molecular weight is 345 g/mol. The van der Waals surface area contributed by atoms with E-state index in [1.165, 1.54) is 0 Å². The van der Waals surface area contributed by atoms with Crippen molar-refractivity contribution in [3.05, 3.63) is 40.8 Å². The molecule has 0 radical (unpaired) electrons. The highest BCUT2D eigenvalue weighted by atomic mass is 16.5. The summed E-state index contributed by atoms with van der Waals surface area (Å²) >= 11 is 0. The van der Waals surface area contributed by atoms with Crippen molar-refractivity contribution < 1.29 is 14.4 Å². The van der Waals surface area contributed by atoms with Crippen LogP contribution in [0.2, 0.25) is 0 Å². The molecule has 0 saturated carbocycles. The van der Waals surface area contributed by atoms with Gasteiger partial charge in [-0.25, -0.2) is 0 Å². The van der Waals surface area contributed by atoms with E-state index < -0.39 is 5.54 Å². The number of nitrogens with zero attached hydrogens (tertiary/aromatic N) is 2. The monoisotopic (exact) mass is 345 g/mol. The molecule has 136 valence electrons. The minimum atomic E-state index is -0.498. The molecule has 2 heterocycles. The van der Waals surface area contributed by atoms with Gasteiger partial charge in [0.05, 0.1) is 24.9 Å². The zero-order valence-electron chi connectivity index (χ0n) is 15.6. The third-order valence-electron chi connectivity index (χ3n) is 5.05. The number of fused-ring (bicyclic) bond motifs is 1. The molecule has 1 aromatic heterocycles. The van der Waals surface area contributed by atoms with E-state index in [4.69, 9.17) is 9.26 Å². The third-order valence-corrected chi connectivity index (χ3v) is 5.05. The van der Waals surface area contributed by atoms with Crippen LogP contribution < -0.4 is 10.1 Å². The number of hydrogen-bond donors (Lipinski definition) is 2. The molecular weight excluding hydrogens is 318 g/mol. The molecule has 0 aliphatic carbocycles. The number of aliphatic hydroxyl groups is 1. The summed E-state index contributed by atoms with van der Waals surface area (Å²) in [6.07, 6.45) is 0.779. The molecule has 1 aromatic carbocycles. The van der Waals surface area contributed by atoms with Crippen LogP contribution in [0.4, 0.5) is 5.69 Å². The molecule has 6 heteroatoms. The van der Waals surface area contributed by atoms with Gasteiger partial charge in [0.1, 0.15) is 11.5 Å². The number of ether oxygens (including phenoxy) is 1. The second-order valence-electron chi connectivity index (χ2n) is 6.94. The van der Waals surface area contributed by atoms with Gasteiger partial charge in [-0.3, -0.25) is 0 Å². The van der Waals surface area contributed by atoms with Crippen LogP contribution >= 0.6 is 0 Å². The molecule has 3 rings (SSSR count). The van der Waals surface area contributed by atoms with E-state index in [9.17, 15) is 5.11 Å². The van der Waals surface area contributed by atoms with Crippen molar-refractivity contribution in [1.29, 1.82) is 0 Å². The summed E-state index contributed by atoms with van der Waals surface area (Å²) in [6.45, 7) is 4.75. The molecule has 2 atom stereocenters. The van der Waals surface area contributed by atoms with Gasteiger partial charge in [0.25, 0.3) is 0 Å². The lowest BCUT2D eigenvalue weighted by molar-refractivity contribution is 0.192. The van der Waals surface area contributed by atoms with Crippen LogP contribution in [0.5, 0.6) is 5.75 Å². The SMILES string of the molecule is CCc1noc(C)c1C1(CN(C)C)Nc2ccc(OC)cc2C1CO. The first-order valence-corrected chi connectivity index (χ1v) is 8.64. The minimum absolute atomic E-state index is 0.0226. The Labute approximate surface area is 148 Å². The Morgan fingerprint density at radius 1 is 1.40 bits per heavy atom. The van der Waals surface area contributed by atoms with Crippen LogP contribution in [0.15, 0.2) is 22.7 Å². The van der Waals surface area contributed by atoms with Gasteiger partial charge in [-0.05, 0) is 51.2 Å². The Morgan fingerprint density at radius 2 is 2.16 bits per heavy atom. The largest absolute Gasteiger partial charge is 0.497 e. The summed E-state index contributed by atoms with van der Waals surface area (Å²) in [6, 6.07) is 5.96. The second-order valence-corrected chi connectivity index (χ2v) is 6.94. The summed E-state index contributed by atoms with van der Waals surface area (Å²) in [5.41, 5.74) is 3.57. The van der Waals surface area contributed by atoms with Gasteiger partial charge in [0.2, 0.25) is 0 Å². The van der Waals surface area contributed by atoms with Crippen LogP contribution in [0.1, 0.15) is 35.4 Å². The van der Waals surface area contributed by atoms with Gasteiger partial charge in [-0.15, -0.1) is 0 Å². The highest BCUT2D eigenvalue weighted by Gasteiger charge is 2.50. The van der Waals surface area contributed by atoms with Crippen LogP contribution in [0.3, 0.4) is 0 Å². The average Bonchev–Trinajstić information content (AvgIpc) is 3.10. The van der Waals surface area contributed by atoms with E-state index in [0.717, 1.165) is 40.4 Å². The van der Waals surface area contributed by atoms with Gasteiger partial charge < -0.3 is 24.6 Å². The number of methoxy groups -OCH3 is 1. The first-order chi connectivity index (χ1) is 12.0. The molecule has 25 heavy (non-hydrogen) atoms. The fourth-order valence-electron chi connectivity index (χ4n) is 4.11. The molecule has 1 aliphatic rings. The zero-order valence-corrected chi connectivity index (χ0v) is 15.6. The minimum Gasteiger partial charge on any atom is -0.497 e. The Hall–Kier alpha value is -2.05. The predicted molar refractivity (Wildman–Crippen MR) is 97.3 cm³/mol. The number of anilines is 1. The van der Waals surface area contributed by atoms with Gasteiger partial charge in [0.15, 0.2) is 0 Å². The number of benzene rings is 1. The summed E-state index contributed by atoms with van der Waals surface area (Å²) in [4.78, 5) is 2.13. The van der Waals surface area contributed by atoms with Crippen LogP contribution in [-0.2, 0) is 12.0 Å². The van der Waals surface area contributed by atoms with E-state index in [0.29, 0.717) is 6.54 Å². The maximum atomic E-state index is 10.3. The smallest absolute Gasteiger partial charge is 0.139 e. The lowest BCUT2D eigenvalue weighted by Gasteiger charge is -2.38. The fourth-order valence-corrected chi connectivity index (χ4v) is 4.11. The summed E-state index contributed by atoms with van der Waals surface area (Å²) in [5, 5.41) is 18.3. The van der Waals surface area contributed by atoms with E-state index in [1.807, 2.05) is 39.2 Å². The molecule has 0 bridgehead atoms. The molecule has 2 N–H and O–H groups in total. The Morgan fingerprint density at radius 3 is 2.76 bits per heavy atom. The van der Waals surface area contributed by atoms with Crippen LogP contribution in [0.25, 0.3) is 0 Å². The maximum absolute atomic E-state index is 10.3. The Kier molecular flexibility index (Phi) is 4.75. The molecule has 1 aliphatic heterocycles. The first kappa shape index (κ1) is 17.8. The topological polar surface area (TPSA) is 70.8 Å². The number of aryl methyl sites for hydroxylation is 2. The molecule has 0 saturated heterocycles. The molecule has 2 aromatic rings. The number of aliphatic hydroxyl groups excluding tert-OH is 1. The number of likely N-dealkylation sites (N-methyl/N-ethyl adjacent to an activating group) is 1. The molecule has 0 amide bonds. The van der Waals surface area contributed by atoms with Crippen molar-refractivity contribution in [2.75, 3.05) is 39.7 Å². The highest BCUT2D eigenvalue weighted by Crippen LogP contribution is 2.51. The van der Waals surface area contributed by atoms with Crippen molar-refractivity contribution in [1.82, 2.24) is 10.1 Å². The quantitative estimate of drug-likeness (QED) is 0.838. The van der Waals surface area contributed by atoms with E-state index >= 15 is 0 Å². The molecule has 2 unspecified atom stereocenters. The summed E-state index contributed by atoms with van der Waals surface area (Å²) < 4.78 is 10.9. The van der Waals surface area contributed by atoms with Crippen molar-refractivity contribution in [3.63, 3.8) is 0 Å². The van der Waals surface area contributed by atoms with Gasteiger partial charge in [-0.2, -0.15) is 0 Å². The van der Waals surface area contributed by atoms with Crippen molar-refractivity contribution in [2.45, 2.75) is 31.7 Å². The standard InChI is InChI=1S/C19H27N3O3/c1-6-16-18(12(2)25-21-16)19(11-22(3)4)15(10-23)14-9-13(24-5)7-8-17(14)20-19/h7-9,15,20,23H,6,10-11H2,1-5H3. The molecule has 0 fully saturated rings. The number of rotatable bonds is 6. The second kappa shape index (κ2) is 6.69. The molecule has 6 nitrogen and oxygen atoms in total. The van der Waals surface area contributed by atoms with Gasteiger partial charge in [-0.1, -0.05) is 12.1 Å². The molecular formula is C19H27N3O3. The van der Waals surface area contributed by atoms with E-state index in [2.05, 4.69) is 22.3 Å². The van der Waals surface area contributed by atoms with Crippen molar-refractivity contribution >= 4 is 5.69 Å². The normalized spacial score (nSPS) is 22.1. The lowest BCUT2D eigenvalue weighted by Crippen LogP contribution is -2.47. The van der Waals surface area contributed by atoms with Gasteiger partial charge in [0, 0.05) is 23.7 Å². The Balaban J connectivity index is 2.21.